The molecule has 0 aromatic carbocycles. The first-order chi connectivity index (χ1) is 9.15. The van der Waals surface area contributed by atoms with Gasteiger partial charge in [0.15, 0.2) is 5.17 Å². The van der Waals surface area contributed by atoms with E-state index in [-0.39, 0.29) is 0 Å². The molecule has 1 spiro atoms. The maximum absolute atomic E-state index is 5.02. The van der Waals surface area contributed by atoms with Crippen molar-refractivity contribution in [2.75, 3.05) is 5.75 Å². The van der Waals surface area contributed by atoms with Gasteiger partial charge in [-0.2, -0.15) is 0 Å². The van der Waals surface area contributed by atoms with Crippen molar-refractivity contribution in [2.45, 2.75) is 76.8 Å². The summed E-state index contributed by atoms with van der Waals surface area (Å²) in [5, 5.41) is 5.06. The van der Waals surface area contributed by atoms with Crippen molar-refractivity contribution in [3.63, 3.8) is 0 Å². The van der Waals surface area contributed by atoms with Crippen LogP contribution in [0.3, 0.4) is 0 Å². The lowest BCUT2D eigenvalue weighted by Gasteiger charge is -2.35. The van der Waals surface area contributed by atoms with E-state index in [1.165, 1.54) is 62.3 Å². The van der Waals surface area contributed by atoms with Crippen LogP contribution in [-0.2, 0) is 0 Å². The number of hydrogen-bond acceptors (Lipinski definition) is 2. The zero-order chi connectivity index (χ0) is 13.3. The molecule has 2 saturated carbocycles. The molecular weight excluding hydrogens is 252 g/mol. The molecule has 3 rings (SSSR count). The molecule has 0 radical (unpaired) electrons. The predicted molar refractivity (Wildman–Crippen MR) is 84.8 cm³/mol. The van der Waals surface area contributed by atoms with E-state index in [0.29, 0.717) is 11.6 Å². The lowest BCUT2D eigenvalue weighted by Crippen LogP contribution is -2.46. The Morgan fingerprint density at radius 1 is 1.11 bits per heavy atom. The second-order valence-electron chi connectivity index (χ2n) is 7.24. The molecule has 0 amide bonds. The number of rotatable bonds is 1. The van der Waals surface area contributed by atoms with Crippen molar-refractivity contribution in [3.8, 4) is 0 Å². The van der Waals surface area contributed by atoms with Crippen LogP contribution in [-0.4, -0.2) is 22.5 Å². The fourth-order valence-electron chi connectivity index (χ4n) is 3.84. The third-order valence-corrected chi connectivity index (χ3v) is 6.48. The summed E-state index contributed by atoms with van der Waals surface area (Å²) < 4.78 is 0. The first-order valence-corrected chi connectivity index (χ1v) is 9.13. The van der Waals surface area contributed by atoms with Crippen molar-refractivity contribution < 1.29 is 0 Å². The van der Waals surface area contributed by atoms with Crippen molar-refractivity contribution in [1.29, 1.82) is 0 Å². The van der Waals surface area contributed by atoms with E-state index in [4.69, 9.17) is 4.99 Å². The molecule has 2 nitrogen and oxygen atoms in total. The Kier molecular flexibility index (Phi) is 4.11. The number of thioether (sulfide) groups is 1. The monoisotopic (exact) mass is 280 g/mol. The molecule has 0 aromatic rings. The zero-order valence-corrected chi connectivity index (χ0v) is 13.3. The molecule has 2 aliphatic carbocycles. The molecule has 0 aromatic heterocycles. The standard InChI is InChI=1S/C16H28N2S/c1-12-6-8-16(9-7-12)11-19-15(18-16)17-14-5-3-4-13(2)10-14/h12-14H,3-11H2,1-2H3,(H,17,18). The highest BCUT2D eigenvalue weighted by atomic mass is 32.2. The number of aliphatic imine (C=N–C) groups is 1. The van der Waals surface area contributed by atoms with E-state index in [2.05, 4.69) is 19.2 Å². The molecular formula is C16H28N2S. The molecule has 1 aliphatic heterocycles. The van der Waals surface area contributed by atoms with Crippen LogP contribution < -0.4 is 5.32 Å². The van der Waals surface area contributed by atoms with Gasteiger partial charge < -0.3 is 5.32 Å². The quantitative estimate of drug-likeness (QED) is 0.778. The van der Waals surface area contributed by atoms with Crippen molar-refractivity contribution >= 4 is 16.9 Å². The Morgan fingerprint density at radius 2 is 1.89 bits per heavy atom. The number of nitrogens with one attached hydrogen (secondary N) is 1. The minimum Gasteiger partial charge on any atom is -0.359 e. The molecule has 1 heterocycles. The normalized spacial score (nSPS) is 45.6. The topological polar surface area (TPSA) is 24.4 Å². The van der Waals surface area contributed by atoms with Crippen LogP contribution in [0.4, 0.5) is 0 Å². The summed E-state index contributed by atoms with van der Waals surface area (Å²) in [5.41, 5.74) is 0.399. The van der Waals surface area contributed by atoms with Crippen molar-refractivity contribution in [2.24, 2.45) is 16.8 Å². The largest absolute Gasteiger partial charge is 0.359 e. The zero-order valence-electron chi connectivity index (χ0n) is 12.5. The van der Waals surface area contributed by atoms with Gasteiger partial charge >= 0.3 is 0 Å². The molecule has 108 valence electrons. The third-order valence-electron chi connectivity index (χ3n) is 5.30. The Hall–Kier alpha value is -0.180. The van der Waals surface area contributed by atoms with Gasteiger partial charge in [-0.25, -0.2) is 0 Å². The molecule has 2 unspecified atom stereocenters. The summed E-state index contributed by atoms with van der Waals surface area (Å²) in [6.07, 6.45) is 10.9. The van der Waals surface area contributed by atoms with Crippen LogP contribution >= 0.6 is 11.8 Å². The van der Waals surface area contributed by atoms with E-state index in [1.807, 2.05) is 11.8 Å². The number of amidine groups is 1. The molecule has 1 saturated heterocycles. The van der Waals surface area contributed by atoms with Gasteiger partial charge in [0.1, 0.15) is 0 Å². The van der Waals surface area contributed by atoms with E-state index in [1.54, 1.807) is 0 Å². The predicted octanol–water partition coefficient (Wildman–Crippen LogP) is 4.21. The van der Waals surface area contributed by atoms with E-state index < -0.39 is 0 Å². The van der Waals surface area contributed by atoms with Gasteiger partial charge in [-0.1, -0.05) is 38.5 Å². The molecule has 0 bridgehead atoms. The fraction of sp³-hybridized carbons (Fsp3) is 0.938. The molecule has 2 atom stereocenters. The Labute approximate surface area is 122 Å². The van der Waals surface area contributed by atoms with Crippen LogP contribution in [0.25, 0.3) is 0 Å². The maximum Gasteiger partial charge on any atom is 0.157 e. The van der Waals surface area contributed by atoms with Crippen LogP contribution in [0.15, 0.2) is 4.99 Å². The Balaban J connectivity index is 1.59. The van der Waals surface area contributed by atoms with Crippen LogP contribution in [0, 0.1) is 11.8 Å². The summed E-state index contributed by atoms with van der Waals surface area (Å²) in [5.74, 6) is 3.05. The van der Waals surface area contributed by atoms with Gasteiger partial charge in [-0.3, -0.25) is 4.99 Å². The lowest BCUT2D eigenvalue weighted by molar-refractivity contribution is 0.250. The molecule has 1 N–H and O–H groups in total. The minimum atomic E-state index is 0.399. The van der Waals surface area contributed by atoms with Crippen molar-refractivity contribution in [3.05, 3.63) is 0 Å². The first-order valence-electron chi connectivity index (χ1n) is 8.14. The Morgan fingerprint density at radius 3 is 2.63 bits per heavy atom. The fourth-order valence-corrected chi connectivity index (χ4v) is 5.13. The highest BCUT2D eigenvalue weighted by Crippen LogP contribution is 2.39. The van der Waals surface area contributed by atoms with Crippen LogP contribution in [0.2, 0.25) is 0 Å². The maximum atomic E-state index is 5.02. The average Bonchev–Trinajstić information content (AvgIpc) is 2.77. The van der Waals surface area contributed by atoms with Gasteiger partial charge in [-0.05, 0) is 50.4 Å². The SMILES string of the molecule is CC1CCC2(CC1)CSC(=NC1CCCC(C)C1)N2. The average molecular weight is 280 g/mol. The molecule has 19 heavy (non-hydrogen) atoms. The van der Waals surface area contributed by atoms with Gasteiger partial charge in [0.2, 0.25) is 0 Å². The van der Waals surface area contributed by atoms with Gasteiger partial charge in [-0.15, -0.1) is 0 Å². The second-order valence-corrected chi connectivity index (χ2v) is 8.20. The van der Waals surface area contributed by atoms with Crippen LogP contribution in [0.5, 0.6) is 0 Å². The van der Waals surface area contributed by atoms with E-state index in [9.17, 15) is 0 Å². The van der Waals surface area contributed by atoms with Gasteiger partial charge in [0.05, 0.1) is 6.04 Å². The van der Waals surface area contributed by atoms with E-state index in [0.717, 1.165) is 11.8 Å². The summed E-state index contributed by atoms with van der Waals surface area (Å²) in [6.45, 7) is 4.78. The molecule has 3 aliphatic rings. The summed E-state index contributed by atoms with van der Waals surface area (Å²) in [7, 11) is 0. The number of hydrogen-bond donors (Lipinski definition) is 1. The smallest absolute Gasteiger partial charge is 0.157 e. The first kappa shape index (κ1) is 13.8. The van der Waals surface area contributed by atoms with Gasteiger partial charge in [0.25, 0.3) is 0 Å². The van der Waals surface area contributed by atoms with E-state index >= 15 is 0 Å². The summed E-state index contributed by atoms with van der Waals surface area (Å²) in [6, 6.07) is 0.594. The Bertz CT molecular complexity index is 345. The third kappa shape index (κ3) is 3.29. The molecule has 3 fully saturated rings. The highest BCUT2D eigenvalue weighted by molar-refractivity contribution is 8.14. The van der Waals surface area contributed by atoms with Crippen LogP contribution in [0.1, 0.15) is 65.2 Å². The molecule has 3 heteroatoms. The lowest BCUT2D eigenvalue weighted by atomic mass is 9.78. The second kappa shape index (κ2) is 5.67. The van der Waals surface area contributed by atoms with Crippen molar-refractivity contribution in [1.82, 2.24) is 5.32 Å². The number of nitrogens with zero attached hydrogens (tertiary/aromatic N) is 1. The minimum absolute atomic E-state index is 0.399. The van der Waals surface area contributed by atoms with Gasteiger partial charge in [0, 0.05) is 11.3 Å². The highest BCUT2D eigenvalue weighted by Gasteiger charge is 2.39. The summed E-state index contributed by atoms with van der Waals surface area (Å²) >= 11 is 1.98. The summed E-state index contributed by atoms with van der Waals surface area (Å²) in [4.78, 5) is 5.02.